The van der Waals surface area contributed by atoms with E-state index >= 15 is 0 Å². The summed E-state index contributed by atoms with van der Waals surface area (Å²) >= 11 is 2.98. The Balaban J connectivity index is 3.13. The van der Waals surface area contributed by atoms with E-state index < -0.39 is 11.8 Å². The lowest BCUT2D eigenvalue weighted by atomic mass is 10.1. The highest BCUT2D eigenvalue weighted by Gasteiger charge is 2.11. The van der Waals surface area contributed by atoms with Gasteiger partial charge in [-0.15, -0.1) is 0 Å². The lowest BCUT2D eigenvalue weighted by Gasteiger charge is -2.07. The maximum Gasteiger partial charge on any atom is 0.307 e. The molecule has 0 aliphatic carbocycles. The minimum Gasteiger partial charge on any atom is -0.496 e. The van der Waals surface area contributed by atoms with E-state index in [0.717, 1.165) is 6.07 Å². The molecule has 1 aromatic carbocycles. The van der Waals surface area contributed by atoms with Crippen molar-refractivity contribution in [3.63, 3.8) is 0 Å². The van der Waals surface area contributed by atoms with Crippen molar-refractivity contribution in [3.8, 4) is 5.75 Å². The van der Waals surface area contributed by atoms with Crippen molar-refractivity contribution in [2.45, 2.75) is 6.42 Å². The van der Waals surface area contributed by atoms with Crippen molar-refractivity contribution in [2.24, 2.45) is 0 Å². The summed E-state index contributed by atoms with van der Waals surface area (Å²) in [5, 5.41) is 8.56. The monoisotopic (exact) mass is 262 g/mol. The minimum absolute atomic E-state index is 0.253. The molecule has 0 fully saturated rings. The highest BCUT2D eigenvalue weighted by molar-refractivity contribution is 9.10. The molecular weight excluding hydrogens is 255 g/mol. The molecule has 0 radical (unpaired) electrons. The number of carboxylic acids is 1. The Morgan fingerprint density at radius 2 is 2.29 bits per heavy atom. The average molecular weight is 263 g/mol. The molecule has 3 nitrogen and oxygen atoms in total. The van der Waals surface area contributed by atoms with Crippen LogP contribution >= 0.6 is 15.9 Å². The van der Waals surface area contributed by atoms with Crippen molar-refractivity contribution in [1.82, 2.24) is 0 Å². The maximum absolute atomic E-state index is 13.1. The van der Waals surface area contributed by atoms with Gasteiger partial charge >= 0.3 is 5.97 Å². The molecule has 0 aliphatic heterocycles. The second-order valence-electron chi connectivity index (χ2n) is 2.65. The standard InChI is InChI=1S/C9H8BrFO3/c1-14-8-4-6(10)7(11)2-5(8)3-9(12)13/h2,4H,3H2,1H3,(H,12,13). The summed E-state index contributed by atoms with van der Waals surface area (Å²) in [5.41, 5.74) is 0.320. The van der Waals surface area contributed by atoms with Crippen LogP contribution in [-0.4, -0.2) is 18.2 Å². The number of carboxylic acid groups (broad SMARTS) is 1. The number of methoxy groups -OCH3 is 1. The van der Waals surface area contributed by atoms with Crippen LogP contribution in [0.4, 0.5) is 4.39 Å². The summed E-state index contributed by atoms with van der Waals surface area (Å²) in [6.45, 7) is 0. The normalized spacial score (nSPS) is 9.93. The average Bonchev–Trinajstić information content (AvgIpc) is 2.10. The molecule has 0 atom stereocenters. The van der Waals surface area contributed by atoms with Gasteiger partial charge in [-0.05, 0) is 28.1 Å². The van der Waals surface area contributed by atoms with Gasteiger partial charge in [0.25, 0.3) is 0 Å². The summed E-state index contributed by atoms with van der Waals surface area (Å²) in [7, 11) is 1.41. The molecule has 14 heavy (non-hydrogen) atoms. The van der Waals surface area contributed by atoms with Gasteiger partial charge in [-0.1, -0.05) is 0 Å². The fraction of sp³-hybridized carbons (Fsp3) is 0.222. The fourth-order valence-electron chi connectivity index (χ4n) is 1.06. The first-order chi connectivity index (χ1) is 6.54. The SMILES string of the molecule is COc1cc(Br)c(F)cc1CC(=O)O. The number of rotatable bonds is 3. The van der Waals surface area contributed by atoms with Crippen molar-refractivity contribution in [3.05, 3.63) is 28.0 Å². The summed E-state index contributed by atoms with van der Waals surface area (Å²) in [6.07, 6.45) is -0.257. The third-order valence-electron chi connectivity index (χ3n) is 1.67. The molecule has 1 aromatic rings. The van der Waals surface area contributed by atoms with Crippen molar-refractivity contribution in [2.75, 3.05) is 7.11 Å². The fourth-order valence-corrected chi connectivity index (χ4v) is 1.38. The van der Waals surface area contributed by atoms with Gasteiger partial charge in [0.2, 0.25) is 0 Å². The van der Waals surface area contributed by atoms with Gasteiger partial charge in [-0.3, -0.25) is 4.79 Å². The quantitative estimate of drug-likeness (QED) is 0.909. The molecule has 0 bridgehead atoms. The van der Waals surface area contributed by atoms with Crippen LogP contribution in [0.25, 0.3) is 0 Å². The van der Waals surface area contributed by atoms with Crippen LogP contribution in [0.1, 0.15) is 5.56 Å². The Morgan fingerprint density at radius 1 is 1.64 bits per heavy atom. The van der Waals surface area contributed by atoms with Gasteiger partial charge < -0.3 is 9.84 Å². The number of ether oxygens (including phenoxy) is 1. The molecule has 0 unspecified atom stereocenters. The summed E-state index contributed by atoms with van der Waals surface area (Å²) < 4.78 is 18.2. The number of hydrogen-bond acceptors (Lipinski definition) is 2. The van der Waals surface area contributed by atoms with Crippen LogP contribution < -0.4 is 4.74 Å². The summed E-state index contributed by atoms with van der Waals surface area (Å²) in [6, 6.07) is 2.56. The maximum atomic E-state index is 13.1. The Morgan fingerprint density at radius 3 is 2.79 bits per heavy atom. The second kappa shape index (κ2) is 4.41. The molecule has 0 aliphatic rings. The molecule has 1 rings (SSSR count). The molecular formula is C9H8BrFO3. The van der Waals surface area contributed by atoms with E-state index in [0.29, 0.717) is 11.3 Å². The van der Waals surface area contributed by atoms with Crippen LogP contribution in [-0.2, 0) is 11.2 Å². The predicted molar refractivity (Wildman–Crippen MR) is 52.0 cm³/mol. The van der Waals surface area contributed by atoms with E-state index in [-0.39, 0.29) is 10.9 Å². The highest BCUT2D eigenvalue weighted by Crippen LogP contribution is 2.26. The van der Waals surface area contributed by atoms with Crippen molar-refractivity contribution < 1.29 is 19.0 Å². The van der Waals surface area contributed by atoms with Gasteiger partial charge in [-0.2, -0.15) is 0 Å². The molecule has 0 heterocycles. The van der Waals surface area contributed by atoms with Crippen LogP contribution in [0.2, 0.25) is 0 Å². The Kier molecular flexibility index (Phi) is 3.46. The van der Waals surface area contributed by atoms with Gasteiger partial charge in [0.15, 0.2) is 0 Å². The molecule has 0 amide bonds. The lowest BCUT2D eigenvalue weighted by Crippen LogP contribution is -2.03. The zero-order valence-electron chi connectivity index (χ0n) is 7.38. The number of carbonyl (C=O) groups is 1. The summed E-state index contributed by atoms with van der Waals surface area (Å²) in [4.78, 5) is 10.4. The smallest absolute Gasteiger partial charge is 0.307 e. The second-order valence-corrected chi connectivity index (χ2v) is 3.50. The van der Waals surface area contributed by atoms with Gasteiger partial charge in [0.1, 0.15) is 11.6 Å². The summed E-state index contributed by atoms with van der Waals surface area (Å²) in [5.74, 6) is -1.16. The van der Waals surface area contributed by atoms with Gasteiger partial charge in [0, 0.05) is 5.56 Å². The highest BCUT2D eigenvalue weighted by atomic mass is 79.9. The first kappa shape index (κ1) is 11.0. The molecule has 76 valence electrons. The number of hydrogen-bond donors (Lipinski definition) is 1. The predicted octanol–water partition coefficient (Wildman–Crippen LogP) is 2.22. The van der Waals surface area contributed by atoms with E-state index in [1.165, 1.54) is 13.2 Å². The van der Waals surface area contributed by atoms with Crippen LogP contribution in [0.5, 0.6) is 5.75 Å². The zero-order valence-corrected chi connectivity index (χ0v) is 8.97. The van der Waals surface area contributed by atoms with Crippen molar-refractivity contribution in [1.29, 1.82) is 0 Å². The first-order valence-electron chi connectivity index (χ1n) is 3.78. The third-order valence-corrected chi connectivity index (χ3v) is 2.27. The number of halogens is 2. The van der Waals surface area contributed by atoms with Crippen LogP contribution in [0.3, 0.4) is 0 Å². The van der Waals surface area contributed by atoms with E-state index in [4.69, 9.17) is 9.84 Å². The largest absolute Gasteiger partial charge is 0.496 e. The third kappa shape index (κ3) is 2.45. The Bertz CT molecular complexity index is 365. The Hall–Kier alpha value is -1.10. The van der Waals surface area contributed by atoms with Crippen LogP contribution in [0, 0.1) is 5.82 Å². The Labute approximate surface area is 88.6 Å². The number of aliphatic carboxylic acids is 1. The van der Waals surface area contributed by atoms with E-state index in [1.54, 1.807) is 0 Å². The topological polar surface area (TPSA) is 46.5 Å². The number of benzene rings is 1. The van der Waals surface area contributed by atoms with Crippen molar-refractivity contribution >= 4 is 21.9 Å². The van der Waals surface area contributed by atoms with Gasteiger partial charge in [0.05, 0.1) is 18.0 Å². The molecule has 0 saturated carbocycles. The molecule has 0 aromatic heterocycles. The van der Waals surface area contributed by atoms with E-state index in [2.05, 4.69) is 15.9 Å². The molecule has 0 spiro atoms. The molecule has 1 N–H and O–H groups in total. The first-order valence-corrected chi connectivity index (χ1v) is 4.57. The van der Waals surface area contributed by atoms with E-state index in [1.807, 2.05) is 0 Å². The van der Waals surface area contributed by atoms with Gasteiger partial charge in [-0.25, -0.2) is 4.39 Å². The van der Waals surface area contributed by atoms with Crippen LogP contribution in [0.15, 0.2) is 16.6 Å². The zero-order chi connectivity index (χ0) is 10.7. The lowest BCUT2D eigenvalue weighted by molar-refractivity contribution is -0.136. The minimum atomic E-state index is -1.02. The van der Waals surface area contributed by atoms with E-state index in [9.17, 15) is 9.18 Å². The molecule has 5 heteroatoms. The molecule has 0 saturated heterocycles.